The van der Waals surface area contributed by atoms with Crippen LogP contribution in [-0.4, -0.2) is 30.2 Å². The Morgan fingerprint density at radius 3 is 2.29 bits per heavy atom. The predicted octanol–water partition coefficient (Wildman–Crippen LogP) is 4.98. The zero-order valence-electron chi connectivity index (χ0n) is 17.2. The van der Waals surface area contributed by atoms with Crippen molar-refractivity contribution < 1.29 is 4.74 Å². The van der Waals surface area contributed by atoms with Crippen LogP contribution in [0.2, 0.25) is 0 Å². The van der Waals surface area contributed by atoms with E-state index >= 15 is 0 Å². The molecule has 0 saturated carbocycles. The maximum atomic E-state index is 5.36. The Hall–Kier alpha value is -3.01. The number of hydrogen-bond donors (Lipinski definition) is 1. The minimum Gasteiger partial charge on any atom is -0.497 e. The molecule has 1 atom stereocenters. The van der Waals surface area contributed by atoms with Gasteiger partial charge in [0.2, 0.25) is 0 Å². The average Bonchev–Trinajstić information content (AvgIpc) is 3.05. The van der Waals surface area contributed by atoms with Gasteiger partial charge in [0.15, 0.2) is 0 Å². The Bertz CT molecular complexity index is 1030. The van der Waals surface area contributed by atoms with Crippen LogP contribution in [0.1, 0.15) is 31.9 Å². The van der Waals surface area contributed by atoms with Crippen LogP contribution >= 0.6 is 0 Å². The van der Waals surface area contributed by atoms with Crippen molar-refractivity contribution in [1.29, 1.82) is 0 Å². The van der Waals surface area contributed by atoms with Gasteiger partial charge in [-0.1, -0.05) is 39.0 Å². The van der Waals surface area contributed by atoms with E-state index in [0.29, 0.717) is 0 Å². The van der Waals surface area contributed by atoms with Gasteiger partial charge in [0.05, 0.1) is 18.5 Å². The zero-order valence-corrected chi connectivity index (χ0v) is 17.2. The molecule has 0 aliphatic carbocycles. The number of aromatic nitrogens is 1. The summed E-state index contributed by atoms with van der Waals surface area (Å²) in [6.07, 6.45) is 3.90. The van der Waals surface area contributed by atoms with Gasteiger partial charge < -0.3 is 15.0 Å². The smallest absolute Gasteiger partial charge is 0.119 e. The van der Waals surface area contributed by atoms with Crippen LogP contribution in [0.5, 0.6) is 5.75 Å². The molecular weight excluding hydrogens is 346 g/mol. The third-order valence-corrected chi connectivity index (χ3v) is 5.37. The lowest BCUT2D eigenvalue weighted by molar-refractivity contribution is 0.177. The highest BCUT2D eigenvalue weighted by Crippen LogP contribution is 2.39. The number of fused-ring (bicyclic) bond motifs is 1. The Balaban J connectivity index is 1.86. The molecule has 0 bridgehead atoms. The Labute approximate surface area is 166 Å². The summed E-state index contributed by atoms with van der Waals surface area (Å²) in [5.74, 6) is 0.879. The predicted molar refractivity (Wildman–Crippen MR) is 116 cm³/mol. The lowest BCUT2D eigenvalue weighted by atomic mass is 9.91. The van der Waals surface area contributed by atoms with E-state index in [-0.39, 0.29) is 11.6 Å². The van der Waals surface area contributed by atoms with Crippen LogP contribution in [0.3, 0.4) is 0 Å². The number of nitrogens with one attached hydrogen (secondary N) is 1. The van der Waals surface area contributed by atoms with E-state index in [9.17, 15) is 0 Å². The SMILES string of the molecule is COc1ccc2cc(C3=C(c4ccncc4)NC(C(C)(C)C)N3C)ccc2c1. The molecule has 1 aliphatic heterocycles. The minimum atomic E-state index is 0.0823. The van der Waals surface area contributed by atoms with Gasteiger partial charge in [0.25, 0.3) is 0 Å². The molecule has 1 aliphatic rings. The fourth-order valence-corrected chi connectivity index (χ4v) is 3.99. The molecule has 1 N–H and O–H groups in total. The zero-order chi connectivity index (χ0) is 19.9. The van der Waals surface area contributed by atoms with E-state index < -0.39 is 0 Å². The summed E-state index contributed by atoms with van der Waals surface area (Å²) >= 11 is 0. The summed E-state index contributed by atoms with van der Waals surface area (Å²) in [5.41, 5.74) is 4.80. The Morgan fingerprint density at radius 2 is 1.61 bits per heavy atom. The van der Waals surface area contributed by atoms with Crippen molar-refractivity contribution in [2.24, 2.45) is 5.41 Å². The monoisotopic (exact) mass is 373 g/mol. The molecule has 1 unspecified atom stereocenters. The van der Waals surface area contributed by atoms with Crippen molar-refractivity contribution in [1.82, 2.24) is 15.2 Å². The molecule has 4 heteroatoms. The van der Waals surface area contributed by atoms with E-state index in [1.807, 2.05) is 18.5 Å². The van der Waals surface area contributed by atoms with E-state index in [4.69, 9.17) is 4.74 Å². The van der Waals surface area contributed by atoms with Gasteiger partial charge in [-0.3, -0.25) is 4.98 Å². The number of rotatable bonds is 3. The quantitative estimate of drug-likeness (QED) is 0.703. The molecule has 144 valence electrons. The van der Waals surface area contributed by atoms with Crippen molar-refractivity contribution >= 4 is 22.2 Å². The number of methoxy groups -OCH3 is 1. The van der Waals surface area contributed by atoms with Gasteiger partial charge in [-0.05, 0) is 41.1 Å². The number of benzene rings is 2. The van der Waals surface area contributed by atoms with Gasteiger partial charge in [-0.15, -0.1) is 0 Å². The summed E-state index contributed by atoms with van der Waals surface area (Å²) < 4.78 is 5.36. The molecule has 4 rings (SSSR count). The fraction of sp³-hybridized carbons (Fsp3) is 0.292. The van der Waals surface area contributed by atoms with Crippen LogP contribution in [0, 0.1) is 5.41 Å². The van der Waals surface area contributed by atoms with E-state index in [1.54, 1.807) is 7.11 Å². The van der Waals surface area contributed by atoms with Gasteiger partial charge in [-0.25, -0.2) is 0 Å². The van der Waals surface area contributed by atoms with Crippen molar-refractivity contribution in [2.75, 3.05) is 14.2 Å². The summed E-state index contributed by atoms with van der Waals surface area (Å²) in [7, 11) is 3.87. The van der Waals surface area contributed by atoms with Crippen LogP contribution < -0.4 is 10.1 Å². The maximum absolute atomic E-state index is 5.36. The van der Waals surface area contributed by atoms with Crippen LogP contribution in [-0.2, 0) is 0 Å². The molecule has 0 amide bonds. The second kappa shape index (κ2) is 6.86. The first-order valence-corrected chi connectivity index (χ1v) is 9.61. The summed E-state index contributed by atoms with van der Waals surface area (Å²) in [5, 5.41) is 6.15. The average molecular weight is 374 g/mol. The number of nitrogens with zero attached hydrogens (tertiary/aromatic N) is 2. The van der Waals surface area contributed by atoms with E-state index in [1.165, 1.54) is 22.0 Å². The third kappa shape index (κ3) is 3.19. The molecule has 2 heterocycles. The summed E-state index contributed by atoms with van der Waals surface area (Å²) in [4.78, 5) is 6.54. The van der Waals surface area contributed by atoms with Crippen molar-refractivity contribution in [3.8, 4) is 5.75 Å². The lowest BCUT2D eigenvalue weighted by Gasteiger charge is -2.35. The van der Waals surface area contributed by atoms with E-state index in [0.717, 1.165) is 17.0 Å². The number of ether oxygens (including phenoxy) is 1. The minimum absolute atomic E-state index is 0.0823. The third-order valence-electron chi connectivity index (χ3n) is 5.37. The molecule has 4 nitrogen and oxygen atoms in total. The second-order valence-electron chi connectivity index (χ2n) is 8.41. The Kier molecular flexibility index (Phi) is 4.50. The molecule has 2 aromatic carbocycles. The summed E-state index contributed by atoms with van der Waals surface area (Å²) in [6, 6.07) is 17.0. The molecule has 1 aromatic heterocycles. The van der Waals surface area contributed by atoms with Gasteiger partial charge in [0.1, 0.15) is 11.9 Å². The van der Waals surface area contributed by atoms with Crippen molar-refractivity contribution in [2.45, 2.75) is 26.9 Å². The first kappa shape index (κ1) is 18.4. The molecule has 28 heavy (non-hydrogen) atoms. The fourth-order valence-electron chi connectivity index (χ4n) is 3.99. The number of pyridine rings is 1. The van der Waals surface area contributed by atoms with Crippen LogP contribution in [0.4, 0.5) is 0 Å². The van der Waals surface area contributed by atoms with E-state index in [2.05, 4.69) is 85.5 Å². The Morgan fingerprint density at radius 1 is 0.929 bits per heavy atom. The highest BCUT2D eigenvalue weighted by molar-refractivity contribution is 5.95. The van der Waals surface area contributed by atoms with Crippen LogP contribution in [0.25, 0.3) is 22.2 Å². The molecule has 0 spiro atoms. The van der Waals surface area contributed by atoms with Gasteiger partial charge in [0, 0.05) is 36.0 Å². The summed E-state index contributed by atoms with van der Waals surface area (Å²) in [6.45, 7) is 6.79. The highest BCUT2D eigenvalue weighted by Gasteiger charge is 2.37. The maximum Gasteiger partial charge on any atom is 0.119 e. The first-order chi connectivity index (χ1) is 13.4. The standard InChI is InChI=1S/C24H27N3O/c1-24(2,3)23-26-21(16-10-12-25-13-11-16)22(27(23)4)19-7-6-18-15-20(28-5)9-8-17(18)14-19/h6-15,23,26H,1-5H3. The van der Waals surface area contributed by atoms with Gasteiger partial charge in [-0.2, -0.15) is 0 Å². The lowest BCUT2D eigenvalue weighted by Crippen LogP contribution is -2.44. The highest BCUT2D eigenvalue weighted by atomic mass is 16.5. The topological polar surface area (TPSA) is 37.4 Å². The van der Waals surface area contributed by atoms with Gasteiger partial charge >= 0.3 is 0 Å². The van der Waals surface area contributed by atoms with Crippen LogP contribution in [0.15, 0.2) is 60.9 Å². The molecular formula is C24H27N3O. The molecule has 0 fully saturated rings. The largest absolute Gasteiger partial charge is 0.497 e. The molecule has 0 saturated heterocycles. The molecule has 3 aromatic rings. The van der Waals surface area contributed by atoms with Crippen molar-refractivity contribution in [3.05, 3.63) is 72.1 Å². The first-order valence-electron chi connectivity index (χ1n) is 9.61. The number of hydrogen-bond acceptors (Lipinski definition) is 4. The van der Waals surface area contributed by atoms with Crippen molar-refractivity contribution in [3.63, 3.8) is 0 Å². The second-order valence-corrected chi connectivity index (χ2v) is 8.41. The molecule has 0 radical (unpaired) electrons. The normalized spacial score (nSPS) is 17.2.